The molecule has 2 aromatic carbocycles. The van der Waals surface area contributed by atoms with Gasteiger partial charge in [-0.15, -0.1) is 0 Å². The van der Waals surface area contributed by atoms with Crippen molar-refractivity contribution in [2.24, 2.45) is 0 Å². The lowest BCUT2D eigenvalue weighted by Crippen LogP contribution is -2.15. The van der Waals surface area contributed by atoms with Gasteiger partial charge in [-0.2, -0.15) is 0 Å². The molecule has 0 bridgehead atoms. The van der Waals surface area contributed by atoms with Crippen LogP contribution in [0.3, 0.4) is 0 Å². The molecule has 2 unspecified atom stereocenters. The predicted molar refractivity (Wildman–Crippen MR) is 74.3 cm³/mol. The Morgan fingerprint density at radius 1 is 1.05 bits per heavy atom. The highest BCUT2D eigenvalue weighted by atomic mass is 16.6. The highest BCUT2D eigenvalue weighted by Crippen LogP contribution is 2.30. The summed E-state index contributed by atoms with van der Waals surface area (Å²) < 4.78 is 5.29. The van der Waals surface area contributed by atoms with Crippen LogP contribution in [0.2, 0.25) is 0 Å². The van der Waals surface area contributed by atoms with Gasteiger partial charge in [0, 0.05) is 11.5 Å². The second-order valence-corrected chi connectivity index (χ2v) is 4.88. The first-order valence-electron chi connectivity index (χ1n) is 6.60. The van der Waals surface area contributed by atoms with Gasteiger partial charge in [-0.1, -0.05) is 60.7 Å². The van der Waals surface area contributed by atoms with E-state index in [1.165, 1.54) is 0 Å². The zero-order chi connectivity index (χ0) is 13.1. The Labute approximate surface area is 113 Å². The van der Waals surface area contributed by atoms with Gasteiger partial charge in [0.15, 0.2) is 5.78 Å². The molecular formula is C17H16O2. The Hall–Kier alpha value is -1.93. The van der Waals surface area contributed by atoms with Crippen LogP contribution in [0.25, 0.3) is 0 Å². The lowest BCUT2D eigenvalue weighted by molar-refractivity contribution is 0.0950. The summed E-state index contributed by atoms with van der Waals surface area (Å²) in [5.74, 6) is 0.0819. The van der Waals surface area contributed by atoms with E-state index in [0.717, 1.165) is 24.2 Å². The molecule has 1 saturated heterocycles. The zero-order valence-corrected chi connectivity index (χ0v) is 10.7. The minimum atomic E-state index is -0.101. The number of epoxide rings is 1. The number of benzene rings is 2. The maximum Gasteiger partial charge on any atom is 0.170 e. The standard InChI is InChI=1S/C17H16O2/c18-17(14-9-5-2-6-10-14)16(11-15-12-19-15)13-7-3-1-4-8-13/h1-10,15-16H,11-12H2. The highest BCUT2D eigenvalue weighted by molar-refractivity contribution is 6.01. The number of hydrogen-bond acceptors (Lipinski definition) is 2. The van der Waals surface area contributed by atoms with E-state index >= 15 is 0 Å². The fraction of sp³-hybridized carbons (Fsp3) is 0.235. The van der Waals surface area contributed by atoms with Crippen LogP contribution in [0, 0.1) is 0 Å². The summed E-state index contributed by atoms with van der Waals surface area (Å²) in [4.78, 5) is 12.7. The van der Waals surface area contributed by atoms with Crippen molar-refractivity contribution >= 4 is 5.78 Å². The van der Waals surface area contributed by atoms with Crippen molar-refractivity contribution < 1.29 is 9.53 Å². The lowest BCUT2D eigenvalue weighted by atomic mass is 9.87. The summed E-state index contributed by atoms with van der Waals surface area (Å²) in [5, 5.41) is 0. The normalized spacial score (nSPS) is 18.8. The third kappa shape index (κ3) is 2.91. The van der Waals surface area contributed by atoms with Crippen LogP contribution >= 0.6 is 0 Å². The van der Waals surface area contributed by atoms with Gasteiger partial charge in [0.05, 0.1) is 12.7 Å². The second-order valence-electron chi connectivity index (χ2n) is 4.88. The van der Waals surface area contributed by atoms with Crippen molar-refractivity contribution in [3.63, 3.8) is 0 Å². The summed E-state index contributed by atoms with van der Waals surface area (Å²) in [6.45, 7) is 0.783. The van der Waals surface area contributed by atoms with Gasteiger partial charge < -0.3 is 4.74 Å². The summed E-state index contributed by atoms with van der Waals surface area (Å²) in [7, 11) is 0. The van der Waals surface area contributed by atoms with Gasteiger partial charge in [-0.05, 0) is 12.0 Å². The fourth-order valence-electron chi connectivity index (χ4n) is 2.35. The molecule has 2 aromatic rings. The Morgan fingerprint density at radius 2 is 1.63 bits per heavy atom. The molecule has 0 aromatic heterocycles. The van der Waals surface area contributed by atoms with Crippen LogP contribution < -0.4 is 0 Å². The number of carbonyl (C=O) groups excluding carboxylic acids is 1. The van der Waals surface area contributed by atoms with Gasteiger partial charge in [-0.25, -0.2) is 0 Å². The van der Waals surface area contributed by atoms with E-state index in [2.05, 4.69) is 0 Å². The molecular weight excluding hydrogens is 236 g/mol. The molecule has 2 heteroatoms. The first kappa shape index (κ1) is 12.1. The molecule has 1 fully saturated rings. The van der Waals surface area contributed by atoms with Crippen molar-refractivity contribution in [2.45, 2.75) is 18.4 Å². The molecule has 2 nitrogen and oxygen atoms in total. The quantitative estimate of drug-likeness (QED) is 0.602. The molecule has 1 aliphatic rings. The molecule has 0 aliphatic carbocycles. The molecule has 3 rings (SSSR count). The molecule has 0 N–H and O–H groups in total. The number of carbonyl (C=O) groups is 1. The molecule has 1 heterocycles. The fourth-order valence-corrected chi connectivity index (χ4v) is 2.35. The van der Waals surface area contributed by atoms with E-state index in [1.807, 2.05) is 60.7 Å². The summed E-state index contributed by atoms with van der Waals surface area (Å²) in [5.41, 5.74) is 1.85. The average Bonchev–Trinajstić information content (AvgIpc) is 3.30. The SMILES string of the molecule is O=C(c1ccccc1)C(CC1CO1)c1ccccc1. The summed E-state index contributed by atoms with van der Waals surface area (Å²) >= 11 is 0. The predicted octanol–water partition coefficient (Wildman–Crippen LogP) is 3.44. The number of ketones is 1. The number of rotatable bonds is 5. The maximum absolute atomic E-state index is 12.7. The van der Waals surface area contributed by atoms with E-state index < -0.39 is 0 Å². The zero-order valence-electron chi connectivity index (χ0n) is 10.7. The summed E-state index contributed by atoms with van der Waals surface area (Å²) in [6.07, 6.45) is 1.02. The van der Waals surface area contributed by atoms with Crippen LogP contribution in [0.15, 0.2) is 60.7 Å². The van der Waals surface area contributed by atoms with E-state index in [4.69, 9.17) is 4.74 Å². The van der Waals surface area contributed by atoms with Crippen LogP contribution in [0.5, 0.6) is 0 Å². The van der Waals surface area contributed by atoms with Crippen molar-refractivity contribution in [1.82, 2.24) is 0 Å². The largest absolute Gasteiger partial charge is 0.373 e. The highest BCUT2D eigenvalue weighted by Gasteiger charge is 2.31. The van der Waals surface area contributed by atoms with Gasteiger partial charge in [0.25, 0.3) is 0 Å². The van der Waals surface area contributed by atoms with Gasteiger partial charge in [0.2, 0.25) is 0 Å². The molecule has 0 spiro atoms. The number of Topliss-reactive ketones (excluding diaryl/α,β-unsaturated/α-hetero) is 1. The van der Waals surface area contributed by atoms with Gasteiger partial charge in [0.1, 0.15) is 0 Å². The summed E-state index contributed by atoms with van der Waals surface area (Å²) in [6, 6.07) is 19.5. The molecule has 2 atom stereocenters. The van der Waals surface area contributed by atoms with Crippen LogP contribution in [-0.4, -0.2) is 18.5 Å². The molecule has 0 radical (unpaired) electrons. The van der Waals surface area contributed by atoms with Crippen LogP contribution in [0.1, 0.15) is 28.3 Å². The second kappa shape index (κ2) is 5.37. The van der Waals surface area contributed by atoms with Crippen molar-refractivity contribution in [3.05, 3.63) is 71.8 Å². The lowest BCUT2D eigenvalue weighted by Gasteiger charge is -2.15. The Bertz CT molecular complexity index is 544. The third-order valence-corrected chi connectivity index (χ3v) is 3.48. The van der Waals surface area contributed by atoms with E-state index in [-0.39, 0.29) is 17.8 Å². The Morgan fingerprint density at radius 3 is 2.21 bits per heavy atom. The van der Waals surface area contributed by atoms with E-state index in [9.17, 15) is 4.79 Å². The van der Waals surface area contributed by atoms with E-state index in [0.29, 0.717) is 0 Å². The number of ether oxygens (including phenoxy) is 1. The van der Waals surface area contributed by atoms with Crippen molar-refractivity contribution in [3.8, 4) is 0 Å². The Kier molecular flexibility index (Phi) is 3.43. The van der Waals surface area contributed by atoms with Crippen molar-refractivity contribution in [1.29, 1.82) is 0 Å². The van der Waals surface area contributed by atoms with Gasteiger partial charge >= 0.3 is 0 Å². The first-order valence-corrected chi connectivity index (χ1v) is 6.60. The number of hydrogen-bond donors (Lipinski definition) is 0. The first-order chi connectivity index (χ1) is 9.34. The topological polar surface area (TPSA) is 29.6 Å². The van der Waals surface area contributed by atoms with Crippen LogP contribution in [-0.2, 0) is 4.74 Å². The van der Waals surface area contributed by atoms with Gasteiger partial charge in [-0.3, -0.25) is 4.79 Å². The van der Waals surface area contributed by atoms with Crippen LogP contribution in [0.4, 0.5) is 0 Å². The third-order valence-electron chi connectivity index (χ3n) is 3.48. The average molecular weight is 252 g/mol. The Balaban J connectivity index is 1.88. The monoisotopic (exact) mass is 252 g/mol. The van der Waals surface area contributed by atoms with E-state index in [1.54, 1.807) is 0 Å². The molecule has 1 aliphatic heterocycles. The molecule has 0 amide bonds. The van der Waals surface area contributed by atoms with Crippen molar-refractivity contribution in [2.75, 3.05) is 6.61 Å². The maximum atomic E-state index is 12.7. The smallest absolute Gasteiger partial charge is 0.170 e. The minimum absolute atomic E-state index is 0.101. The molecule has 96 valence electrons. The molecule has 0 saturated carbocycles. The molecule has 19 heavy (non-hydrogen) atoms. The minimum Gasteiger partial charge on any atom is -0.373 e.